The van der Waals surface area contributed by atoms with Gasteiger partial charge in [0.25, 0.3) is 0 Å². The van der Waals surface area contributed by atoms with Gasteiger partial charge >= 0.3 is 0 Å². The summed E-state index contributed by atoms with van der Waals surface area (Å²) >= 11 is 0. The number of hydrogen-bond acceptors (Lipinski definition) is 5. The van der Waals surface area contributed by atoms with E-state index in [4.69, 9.17) is 9.15 Å². The van der Waals surface area contributed by atoms with Crippen LogP contribution < -0.4 is 0 Å². The molecule has 1 atom stereocenters. The average Bonchev–Trinajstić information content (AvgIpc) is 3.11. The molecule has 3 rings (SSSR count). The molecule has 1 aromatic carbocycles. The van der Waals surface area contributed by atoms with Crippen LogP contribution in [0.25, 0.3) is 0 Å². The quantitative estimate of drug-likeness (QED) is 0.802. The molecule has 1 fully saturated rings. The second-order valence-corrected chi connectivity index (χ2v) is 6.31. The van der Waals surface area contributed by atoms with E-state index in [-0.39, 0.29) is 0 Å². The number of rotatable bonds is 8. The normalized spacial score (nSPS) is 17.9. The van der Waals surface area contributed by atoms with Gasteiger partial charge in [0.15, 0.2) is 0 Å². The van der Waals surface area contributed by atoms with E-state index in [2.05, 4.69) is 9.80 Å². The van der Waals surface area contributed by atoms with Gasteiger partial charge in [-0.15, -0.1) is 0 Å². The van der Waals surface area contributed by atoms with Gasteiger partial charge in [0.05, 0.1) is 32.1 Å². The summed E-state index contributed by atoms with van der Waals surface area (Å²) < 4.78 is 11.0. The van der Waals surface area contributed by atoms with Crippen LogP contribution >= 0.6 is 0 Å². The third-order valence-corrected chi connectivity index (χ3v) is 4.32. The number of furan rings is 1. The Morgan fingerprint density at radius 2 is 1.75 bits per heavy atom. The van der Waals surface area contributed by atoms with Gasteiger partial charge in [-0.3, -0.25) is 9.80 Å². The molecule has 1 aromatic heterocycles. The summed E-state index contributed by atoms with van der Waals surface area (Å²) in [4.78, 5) is 4.68. The Hall–Kier alpha value is -1.66. The van der Waals surface area contributed by atoms with Crippen molar-refractivity contribution >= 4 is 0 Å². The maximum atomic E-state index is 10.2. The highest BCUT2D eigenvalue weighted by Crippen LogP contribution is 2.09. The fourth-order valence-corrected chi connectivity index (χ4v) is 2.99. The van der Waals surface area contributed by atoms with Gasteiger partial charge in [0.1, 0.15) is 5.76 Å². The molecule has 0 saturated carbocycles. The molecule has 2 aromatic rings. The molecule has 1 aliphatic heterocycles. The van der Waals surface area contributed by atoms with Gasteiger partial charge in [-0.25, -0.2) is 0 Å². The van der Waals surface area contributed by atoms with Crippen LogP contribution in [0, 0.1) is 0 Å². The van der Waals surface area contributed by atoms with Crippen molar-refractivity contribution in [2.24, 2.45) is 0 Å². The maximum absolute atomic E-state index is 10.2. The van der Waals surface area contributed by atoms with Gasteiger partial charge < -0.3 is 14.3 Å². The van der Waals surface area contributed by atoms with Crippen molar-refractivity contribution in [2.45, 2.75) is 19.3 Å². The highest BCUT2D eigenvalue weighted by molar-refractivity contribution is 5.13. The fraction of sp³-hybridized carbons (Fsp3) is 0.474. The smallest absolute Gasteiger partial charge is 0.117 e. The van der Waals surface area contributed by atoms with Crippen molar-refractivity contribution in [1.29, 1.82) is 0 Å². The molecule has 0 aliphatic carbocycles. The van der Waals surface area contributed by atoms with Crippen LogP contribution in [-0.4, -0.2) is 60.3 Å². The van der Waals surface area contributed by atoms with Gasteiger partial charge in [-0.1, -0.05) is 30.3 Å². The summed E-state index contributed by atoms with van der Waals surface area (Å²) in [7, 11) is 0. The Morgan fingerprint density at radius 3 is 2.46 bits per heavy atom. The average molecular weight is 330 g/mol. The van der Waals surface area contributed by atoms with Crippen LogP contribution in [0.4, 0.5) is 0 Å². The number of ether oxygens (including phenoxy) is 1. The minimum absolute atomic E-state index is 0.376. The molecule has 1 aliphatic rings. The van der Waals surface area contributed by atoms with E-state index in [1.165, 1.54) is 0 Å². The maximum Gasteiger partial charge on any atom is 0.117 e. The van der Waals surface area contributed by atoms with Crippen LogP contribution in [0.1, 0.15) is 11.3 Å². The lowest BCUT2D eigenvalue weighted by Crippen LogP contribution is -2.48. The summed E-state index contributed by atoms with van der Waals surface area (Å²) in [5, 5.41) is 10.2. The second-order valence-electron chi connectivity index (χ2n) is 6.31. The predicted molar refractivity (Wildman–Crippen MR) is 92.5 cm³/mol. The summed E-state index contributed by atoms with van der Waals surface area (Å²) in [5.74, 6) is 1.01. The SMILES string of the molecule is OC(COCc1ccccc1)CN1CCN(Cc2ccco2)CC1. The van der Waals surface area contributed by atoms with Crippen molar-refractivity contribution in [2.75, 3.05) is 39.3 Å². The van der Waals surface area contributed by atoms with Crippen LogP contribution in [0.2, 0.25) is 0 Å². The fourth-order valence-electron chi connectivity index (χ4n) is 2.99. The number of hydrogen-bond donors (Lipinski definition) is 1. The molecule has 1 N–H and O–H groups in total. The third-order valence-electron chi connectivity index (χ3n) is 4.32. The van der Waals surface area contributed by atoms with E-state index in [1.54, 1.807) is 6.26 Å². The molecule has 0 radical (unpaired) electrons. The molecule has 130 valence electrons. The molecule has 2 heterocycles. The van der Waals surface area contributed by atoms with Crippen molar-refractivity contribution in [3.05, 3.63) is 60.1 Å². The molecule has 0 amide bonds. The summed E-state index contributed by atoms with van der Waals surface area (Å²) in [6.45, 7) is 6.40. The first-order chi connectivity index (χ1) is 11.8. The van der Waals surface area contributed by atoms with Gasteiger partial charge in [0, 0.05) is 32.7 Å². The summed E-state index contributed by atoms with van der Waals surface area (Å²) in [6, 6.07) is 14.0. The van der Waals surface area contributed by atoms with Crippen LogP contribution in [-0.2, 0) is 17.9 Å². The van der Waals surface area contributed by atoms with Crippen molar-refractivity contribution in [3.8, 4) is 0 Å². The first-order valence-electron chi connectivity index (χ1n) is 8.56. The van der Waals surface area contributed by atoms with Crippen molar-refractivity contribution in [1.82, 2.24) is 9.80 Å². The Balaban J connectivity index is 1.30. The zero-order valence-corrected chi connectivity index (χ0v) is 14.0. The topological polar surface area (TPSA) is 49.1 Å². The van der Waals surface area contributed by atoms with E-state index in [9.17, 15) is 5.11 Å². The van der Waals surface area contributed by atoms with Gasteiger partial charge in [-0.05, 0) is 17.7 Å². The van der Waals surface area contributed by atoms with Crippen LogP contribution in [0.5, 0.6) is 0 Å². The van der Waals surface area contributed by atoms with E-state index >= 15 is 0 Å². The first kappa shape index (κ1) is 17.2. The Kier molecular flexibility index (Phi) is 6.43. The lowest BCUT2D eigenvalue weighted by Gasteiger charge is -2.35. The first-order valence-corrected chi connectivity index (χ1v) is 8.56. The van der Waals surface area contributed by atoms with Crippen LogP contribution in [0.3, 0.4) is 0 Å². The van der Waals surface area contributed by atoms with E-state index < -0.39 is 6.10 Å². The molecule has 5 nitrogen and oxygen atoms in total. The van der Waals surface area contributed by atoms with E-state index in [0.29, 0.717) is 19.8 Å². The standard InChI is InChI=1S/C19H26N2O3/c22-18(16-23-15-17-5-2-1-3-6-17)13-20-8-10-21(11-9-20)14-19-7-4-12-24-19/h1-7,12,18,22H,8-11,13-16H2. The lowest BCUT2D eigenvalue weighted by molar-refractivity contribution is 0.000482. The molecule has 1 unspecified atom stereocenters. The Bertz CT molecular complexity index is 566. The largest absolute Gasteiger partial charge is 0.468 e. The van der Waals surface area contributed by atoms with Crippen LogP contribution in [0.15, 0.2) is 53.1 Å². The molecule has 24 heavy (non-hydrogen) atoms. The second kappa shape index (κ2) is 8.99. The zero-order chi connectivity index (χ0) is 16.6. The number of aliphatic hydroxyl groups excluding tert-OH is 1. The molecule has 1 saturated heterocycles. The predicted octanol–water partition coefficient (Wildman–Crippen LogP) is 1.97. The van der Waals surface area contributed by atoms with Crippen molar-refractivity contribution in [3.63, 3.8) is 0 Å². The Labute approximate surface area is 143 Å². The monoisotopic (exact) mass is 330 g/mol. The number of aliphatic hydroxyl groups is 1. The number of piperazine rings is 1. The van der Waals surface area contributed by atoms with Gasteiger partial charge in [0.2, 0.25) is 0 Å². The molecular formula is C19H26N2O3. The molecule has 0 bridgehead atoms. The number of β-amino-alcohol motifs (C(OH)–C–C–N with tert-alkyl or cyclic N) is 1. The number of nitrogens with zero attached hydrogens (tertiary/aromatic N) is 2. The molecule has 0 spiro atoms. The Morgan fingerprint density at radius 1 is 1.00 bits per heavy atom. The highest BCUT2D eigenvalue weighted by atomic mass is 16.5. The summed E-state index contributed by atoms with van der Waals surface area (Å²) in [6.07, 6.45) is 1.28. The molecular weight excluding hydrogens is 304 g/mol. The number of benzene rings is 1. The molecule has 5 heteroatoms. The van der Waals surface area contributed by atoms with E-state index in [0.717, 1.165) is 44.0 Å². The van der Waals surface area contributed by atoms with Gasteiger partial charge in [-0.2, -0.15) is 0 Å². The summed E-state index contributed by atoms with van der Waals surface area (Å²) in [5.41, 5.74) is 1.14. The third kappa shape index (κ3) is 5.46. The lowest BCUT2D eigenvalue weighted by atomic mass is 10.2. The minimum Gasteiger partial charge on any atom is -0.468 e. The van der Waals surface area contributed by atoms with Crippen molar-refractivity contribution < 1.29 is 14.3 Å². The van der Waals surface area contributed by atoms with E-state index in [1.807, 2.05) is 42.5 Å². The zero-order valence-electron chi connectivity index (χ0n) is 14.0. The minimum atomic E-state index is -0.440. The highest BCUT2D eigenvalue weighted by Gasteiger charge is 2.19.